The van der Waals surface area contributed by atoms with Crippen LogP contribution in [0, 0.1) is 6.92 Å². The average molecular weight is 272 g/mol. The highest BCUT2D eigenvalue weighted by molar-refractivity contribution is 6.63. The Hall–Kier alpha value is -1.33. The summed E-state index contributed by atoms with van der Waals surface area (Å²) in [6.45, 7) is 10.4. The molecule has 106 valence electrons. The Morgan fingerprint density at radius 2 is 1.70 bits per heavy atom. The van der Waals surface area contributed by atoms with Crippen LogP contribution in [0.1, 0.15) is 33.3 Å². The Bertz CT molecular complexity index is 660. The summed E-state index contributed by atoms with van der Waals surface area (Å²) in [5.41, 5.74) is 2.76. The van der Waals surface area contributed by atoms with Gasteiger partial charge in [0.2, 0.25) is 0 Å². The van der Waals surface area contributed by atoms with Crippen LogP contribution in [-0.2, 0) is 16.4 Å². The van der Waals surface area contributed by atoms with Crippen LogP contribution in [0.4, 0.5) is 0 Å². The summed E-state index contributed by atoms with van der Waals surface area (Å²) < 4.78 is 14.2. The lowest BCUT2D eigenvalue weighted by Crippen LogP contribution is -2.41. The molecule has 0 radical (unpaired) electrons. The molecule has 0 atom stereocenters. The maximum absolute atomic E-state index is 6.14. The van der Waals surface area contributed by atoms with E-state index in [1.54, 1.807) is 0 Å². The monoisotopic (exact) mass is 272 g/mol. The van der Waals surface area contributed by atoms with Gasteiger partial charge in [0, 0.05) is 12.4 Å². The fraction of sp³-hybridized carbons (Fsp3) is 0.533. The van der Waals surface area contributed by atoms with Gasteiger partial charge in [0.05, 0.1) is 22.9 Å². The second-order valence-corrected chi connectivity index (χ2v) is 6.62. The molecule has 1 aliphatic heterocycles. The lowest BCUT2D eigenvalue weighted by atomic mass is 9.76. The highest BCUT2D eigenvalue weighted by Crippen LogP contribution is 2.36. The standard InChI is InChI=1S/C15H21BN2O2/c1-10-7-13-11(9-17-18(13)6)8-12(10)16-19-14(2,3)15(4,5)20-16/h7-9H,1-6H3. The number of rotatable bonds is 1. The van der Waals surface area contributed by atoms with Crippen LogP contribution in [0.2, 0.25) is 0 Å². The normalized spacial score (nSPS) is 20.8. The highest BCUT2D eigenvalue weighted by Gasteiger charge is 2.52. The van der Waals surface area contributed by atoms with Crippen LogP contribution in [0.25, 0.3) is 10.9 Å². The summed E-state index contributed by atoms with van der Waals surface area (Å²) in [4.78, 5) is 0. The van der Waals surface area contributed by atoms with Crippen molar-refractivity contribution < 1.29 is 9.31 Å². The number of aromatic nitrogens is 2. The first-order chi connectivity index (χ1) is 9.21. The molecule has 20 heavy (non-hydrogen) atoms. The van der Waals surface area contributed by atoms with Gasteiger partial charge in [0.25, 0.3) is 0 Å². The molecule has 0 N–H and O–H groups in total. The van der Waals surface area contributed by atoms with E-state index < -0.39 is 0 Å². The van der Waals surface area contributed by atoms with Crippen LogP contribution in [-0.4, -0.2) is 28.1 Å². The van der Waals surface area contributed by atoms with Crippen LogP contribution >= 0.6 is 0 Å². The first-order valence-corrected chi connectivity index (χ1v) is 6.99. The van der Waals surface area contributed by atoms with Crippen molar-refractivity contribution in [3.05, 3.63) is 23.9 Å². The summed E-state index contributed by atoms with van der Waals surface area (Å²) >= 11 is 0. The number of hydrogen-bond acceptors (Lipinski definition) is 3. The largest absolute Gasteiger partial charge is 0.495 e. The highest BCUT2D eigenvalue weighted by atomic mass is 16.7. The van der Waals surface area contributed by atoms with Crippen molar-refractivity contribution in [2.24, 2.45) is 7.05 Å². The first-order valence-electron chi connectivity index (χ1n) is 6.99. The topological polar surface area (TPSA) is 36.3 Å². The van der Waals surface area contributed by atoms with E-state index in [0.717, 1.165) is 16.4 Å². The molecule has 1 aromatic heterocycles. The van der Waals surface area contributed by atoms with Crippen LogP contribution in [0.15, 0.2) is 18.3 Å². The van der Waals surface area contributed by atoms with Gasteiger partial charge < -0.3 is 9.31 Å². The van der Waals surface area contributed by atoms with Crippen molar-refractivity contribution in [3.63, 3.8) is 0 Å². The molecule has 0 saturated carbocycles. The molecule has 2 aromatic rings. The number of nitrogens with zero attached hydrogens (tertiary/aromatic N) is 2. The Kier molecular flexibility index (Phi) is 2.79. The van der Waals surface area contributed by atoms with Crippen molar-refractivity contribution in [2.75, 3.05) is 0 Å². The number of hydrogen-bond donors (Lipinski definition) is 0. The Morgan fingerprint density at radius 1 is 1.10 bits per heavy atom. The van der Waals surface area contributed by atoms with Gasteiger partial charge in [-0.3, -0.25) is 4.68 Å². The van der Waals surface area contributed by atoms with Crippen molar-refractivity contribution in [2.45, 2.75) is 45.8 Å². The third-order valence-corrected chi connectivity index (χ3v) is 4.64. The van der Waals surface area contributed by atoms with Gasteiger partial charge in [0.1, 0.15) is 0 Å². The summed E-state index contributed by atoms with van der Waals surface area (Å²) in [6, 6.07) is 4.27. The minimum Gasteiger partial charge on any atom is -0.399 e. The fourth-order valence-corrected chi connectivity index (χ4v) is 2.55. The van der Waals surface area contributed by atoms with Crippen molar-refractivity contribution in [1.29, 1.82) is 0 Å². The molecule has 4 nitrogen and oxygen atoms in total. The lowest BCUT2D eigenvalue weighted by Gasteiger charge is -2.32. The van der Waals surface area contributed by atoms with E-state index in [2.05, 4.69) is 51.9 Å². The van der Waals surface area contributed by atoms with Crippen molar-refractivity contribution >= 4 is 23.5 Å². The van der Waals surface area contributed by atoms with E-state index in [-0.39, 0.29) is 18.3 Å². The number of aryl methyl sites for hydroxylation is 2. The number of benzene rings is 1. The molecule has 2 heterocycles. The van der Waals surface area contributed by atoms with E-state index >= 15 is 0 Å². The van der Waals surface area contributed by atoms with Crippen LogP contribution in [0.3, 0.4) is 0 Å². The maximum Gasteiger partial charge on any atom is 0.495 e. The summed E-state index contributed by atoms with van der Waals surface area (Å²) in [7, 11) is 1.64. The summed E-state index contributed by atoms with van der Waals surface area (Å²) in [6.07, 6.45) is 1.88. The second kappa shape index (κ2) is 4.09. The Morgan fingerprint density at radius 3 is 2.30 bits per heavy atom. The van der Waals surface area contributed by atoms with Crippen LogP contribution in [0.5, 0.6) is 0 Å². The summed E-state index contributed by atoms with van der Waals surface area (Å²) in [5.74, 6) is 0. The maximum atomic E-state index is 6.14. The Labute approximate surface area is 120 Å². The molecular weight excluding hydrogens is 251 g/mol. The van der Waals surface area contributed by atoms with Gasteiger partial charge in [-0.25, -0.2) is 0 Å². The SMILES string of the molecule is Cc1cc2c(cnn2C)cc1B1OC(C)(C)C(C)(C)O1. The smallest absolute Gasteiger partial charge is 0.399 e. The molecule has 1 aromatic carbocycles. The molecule has 0 aliphatic carbocycles. The fourth-order valence-electron chi connectivity index (χ4n) is 2.55. The number of fused-ring (bicyclic) bond motifs is 1. The van der Waals surface area contributed by atoms with E-state index in [1.807, 2.05) is 17.9 Å². The zero-order valence-electron chi connectivity index (χ0n) is 13.0. The van der Waals surface area contributed by atoms with E-state index in [1.165, 1.54) is 5.56 Å². The third kappa shape index (κ3) is 1.88. The molecule has 1 aliphatic rings. The molecule has 1 saturated heterocycles. The zero-order chi connectivity index (χ0) is 14.7. The molecule has 1 fully saturated rings. The molecule has 3 rings (SSSR count). The van der Waals surface area contributed by atoms with E-state index in [0.29, 0.717) is 0 Å². The van der Waals surface area contributed by atoms with E-state index in [9.17, 15) is 0 Å². The minimum atomic E-state index is -0.315. The molecule has 0 unspecified atom stereocenters. The quantitative estimate of drug-likeness (QED) is 0.746. The first kappa shape index (κ1) is 13.6. The predicted molar refractivity (Wildman–Crippen MR) is 81.2 cm³/mol. The predicted octanol–water partition coefficient (Wildman–Crippen LogP) is 2.18. The van der Waals surface area contributed by atoms with Crippen LogP contribution < -0.4 is 5.46 Å². The molecule has 0 amide bonds. The average Bonchev–Trinajstić information content (AvgIpc) is 2.77. The molecule has 0 spiro atoms. The van der Waals surface area contributed by atoms with Gasteiger partial charge in [-0.05, 0) is 51.7 Å². The Balaban J connectivity index is 2.05. The molecular formula is C15H21BN2O2. The van der Waals surface area contributed by atoms with E-state index in [4.69, 9.17) is 9.31 Å². The third-order valence-electron chi connectivity index (χ3n) is 4.64. The molecule has 0 bridgehead atoms. The van der Waals surface area contributed by atoms with Gasteiger partial charge in [-0.15, -0.1) is 0 Å². The van der Waals surface area contributed by atoms with Gasteiger partial charge in [-0.1, -0.05) is 6.07 Å². The van der Waals surface area contributed by atoms with Crippen molar-refractivity contribution in [1.82, 2.24) is 9.78 Å². The zero-order valence-corrected chi connectivity index (χ0v) is 13.0. The van der Waals surface area contributed by atoms with Crippen molar-refractivity contribution in [3.8, 4) is 0 Å². The van der Waals surface area contributed by atoms with Gasteiger partial charge in [-0.2, -0.15) is 5.10 Å². The molecule has 5 heteroatoms. The van der Waals surface area contributed by atoms with Gasteiger partial charge >= 0.3 is 7.12 Å². The van der Waals surface area contributed by atoms with Gasteiger partial charge in [0.15, 0.2) is 0 Å². The lowest BCUT2D eigenvalue weighted by molar-refractivity contribution is 0.00578. The summed E-state index contributed by atoms with van der Waals surface area (Å²) in [5, 5.41) is 5.41. The second-order valence-electron chi connectivity index (χ2n) is 6.62. The minimum absolute atomic E-state index is 0.312.